The monoisotopic (exact) mass is 414 g/mol. The van der Waals surface area contributed by atoms with Gasteiger partial charge in [-0.25, -0.2) is 4.98 Å². The Morgan fingerprint density at radius 2 is 2.17 bits per heavy atom. The zero-order valence-electron chi connectivity index (χ0n) is 17.9. The topological polar surface area (TPSA) is 36.3 Å². The van der Waals surface area contributed by atoms with Crippen LogP contribution in [0.1, 0.15) is 37.7 Å². The number of hydrogen-bond donors (Lipinski definition) is 0. The molecule has 1 aromatic heterocycles. The van der Waals surface area contributed by atoms with E-state index in [1.165, 1.54) is 0 Å². The first-order chi connectivity index (χ1) is 14.3. The van der Waals surface area contributed by atoms with Gasteiger partial charge < -0.3 is 14.0 Å². The van der Waals surface area contributed by atoms with Crippen LogP contribution in [0.4, 0.5) is 8.78 Å². The molecule has 3 rings (SSSR count). The highest BCUT2D eigenvalue weighted by Gasteiger charge is 2.24. The second-order valence-corrected chi connectivity index (χ2v) is 7.58. The van der Waals surface area contributed by atoms with Gasteiger partial charge >= 0.3 is 6.61 Å². The molecule has 1 aliphatic rings. The first-order valence-electron chi connectivity index (χ1n) is 10.1. The van der Waals surface area contributed by atoms with Crippen molar-refractivity contribution in [3.05, 3.63) is 65.5 Å². The summed E-state index contributed by atoms with van der Waals surface area (Å²) in [5, 5.41) is 0. The van der Waals surface area contributed by atoms with Crippen LogP contribution in [0.15, 0.2) is 48.6 Å². The van der Waals surface area contributed by atoms with Gasteiger partial charge in [-0.2, -0.15) is 8.78 Å². The SMILES string of the molecule is C=C(C)/C=C(\C=C\C)c1nc(-c2ccc(OC(F)F)c(C)c2)n2c1CCO[C@H](C)C2. The lowest BCUT2D eigenvalue weighted by atomic mass is 10.1. The zero-order valence-corrected chi connectivity index (χ0v) is 17.9. The maximum absolute atomic E-state index is 12.6. The van der Waals surface area contributed by atoms with E-state index < -0.39 is 6.61 Å². The predicted octanol–water partition coefficient (Wildman–Crippen LogP) is 5.96. The van der Waals surface area contributed by atoms with Gasteiger partial charge in [0.25, 0.3) is 0 Å². The summed E-state index contributed by atoms with van der Waals surface area (Å²) in [7, 11) is 0. The fraction of sp³-hybridized carbons (Fsp3) is 0.375. The molecule has 160 valence electrons. The minimum Gasteiger partial charge on any atom is -0.435 e. The molecule has 0 unspecified atom stereocenters. The molecule has 0 spiro atoms. The molecule has 1 aromatic carbocycles. The highest BCUT2D eigenvalue weighted by molar-refractivity contribution is 5.77. The summed E-state index contributed by atoms with van der Waals surface area (Å²) in [5.74, 6) is 0.964. The summed E-state index contributed by atoms with van der Waals surface area (Å²) < 4.78 is 37.9. The van der Waals surface area contributed by atoms with Gasteiger partial charge in [-0.15, -0.1) is 0 Å². The maximum atomic E-state index is 12.6. The molecule has 0 saturated heterocycles. The maximum Gasteiger partial charge on any atom is 0.387 e. The normalized spacial score (nSPS) is 17.3. The summed E-state index contributed by atoms with van der Waals surface area (Å²) in [5.41, 5.74) is 5.42. The number of nitrogens with zero attached hydrogens (tertiary/aromatic N) is 2. The number of rotatable bonds is 6. The number of halogens is 2. The van der Waals surface area contributed by atoms with Gasteiger partial charge in [-0.1, -0.05) is 30.4 Å². The van der Waals surface area contributed by atoms with Gasteiger partial charge in [-0.05, 0) is 51.5 Å². The van der Waals surface area contributed by atoms with Crippen LogP contribution >= 0.6 is 0 Å². The molecule has 2 heterocycles. The van der Waals surface area contributed by atoms with E-state index in [4.69, 9.17) is 9.72 Å². The van der Waals surface area contributed by atoms with Gasteiger partial charge in [0.15, 0.2) is 0 Å². The van der Waals surface area contributed by atoms with E-state index in [1.807, 2.05) is 45.1 Å². The molecular weight excluding hydrogens is 386 g/mol. The van der Waals surface area contributed by atoms with Gasteiger partial charge in [0.05, 0.1) is 24.9 Å². The summed E-state index contributed by atoms with van der Waals surface area (Å²) in [6.07, 6.45) is 6.82. The third-order valence-corrected chi connectivity index (χ3v) is 4.92. The van der Waals surface area contributed by atoms with Crippen molar-refractivity contribution in [1.82, 2.24) is 9.55 Å². The lowest BCUT2D eigenvalue weighted by molar-refractivity contribution is -0.0502. The van der Waals surface area contributed by atoms with E-state index in [0.717, 1.165) is 40.3 Å². The lowest BCUT2D eigenvalue weighted by Gasteiger charge is -2.14. The summed E-state index contributed by atoms with van der Waals surface area (Å²) in [6.45, 7) is 10.2. The van der Waals surface area contributed by atoms with Crippen molar-refractivity contribution in [2.45, 2.75) is 53.4 Å². The molecule has 1 atom stereocenters. The molecule has 0 saturated carbocycles. The van der Waals surface area contributed by atoms with E-state index in [2.05, 4.69) is 15.9 Å². The molecule has 0 aliphatic carbocycles. The Labute approximate surface area is 176 Å². The number of fused-ring (bicyclic) bond motifs is 1. The van der Waals surface area contributed by atoms with Crippen LogP contribution in [0.3, 0.4) is 0 Å². The first kappa shape index (κ1) is 22.0. The Morgan fingerprint density at radius 1 is 1.40 bits per heavy atom. The smallest absolute Gasteiger partial charge is 0.387 e. The van der Waals surface area contributed by atoms with Crippen LogP contribution in [0.5, 0.6) is 5.75 Å². The molecule has 0 amide bonds. The van der Waals surface area contributed by atoms with Gasteiger partial charge in [0, 0.05) is 23.3 Å². The number of aryl methyl sites for hydroxylation is 1. The van der Waals surface area contributed by atoms with Crippen molar-refractivity contribution in [2.24, 2.45) is 0 Å². The molecule has 4 nitrogen and oxygen atoms in total. The zero-order chi connectivity index (χ0) is 21.8. The second kappa shape index (κ2) is 9.39. The highest BCUT2D eigenvalue weighted by Crippen LogP contribution is 2.33. The van der Waals surface area contributed by atoms with Crippen LogP contribution in [0.2, 0.25) is 0 Å². The van der Waals surface area contributed by atoms with Crippen LogP contribution in [-0.2, 0) is 17.7 Å². The Bertz CT molecular complexity index is 989. The molecule has 0 bridgehead atoms. The summed E-state index contributed by atoms with van der Waals surface area (Å²) in [4.78, 5) is 5.00. The van der Waals surface area contributed by atoms with Crippen molar-refractivity contribution in [2.75, 3.05) is 6.61 Å². The van der Waals surface area contributed by atoms with Crippen LogP contribution in [-0.4, -0.2) is 28.9 Å². The molecule has 2 aromatic rings. The molecule has 0 fully saturated rings. The fourth-order valence-corrected chi connectivity index (χ4v) is 3.71. The molecular formula is C24H28F2N2O2. The van der Waals surface area contributed by atoms with Crippen molar-refractivity contribution in [1.29, 1.82) is 0 Å². The quantitative estimate of drug-likeness (QED) is 0.548. The molecule has 6 heteroatoms. The van der Waals surface area contributed by atoms with Crippen molar-refractivity contribution >= 4 is 5.57 Å². The van der Waals surface area contributed by atoms with E-state index >= 15 is 0 Å². The van der Waals surface area contributed by atoms with E-state index in [9.17, 15) is 8.78 Å². The van der Waals surface area contributed by atoms with Crippen LogP contribution < -0.4 is 4.74 Å². The molecule has 1 aliphatic heterocycles. The molecule has 30 heavy (non-hydrogen) atoms. The van der Waals surface area contributed by atoms with E-state index in [-0.39, 0.29) is 11.9 Å². The van der Waals surface area contributed by atoms with E-state index in [1.54, 1.807) is 19.1 Å². The number of hydrogen-bond acceptors (Lipinski definition) is 3. The van der Waals surface area contributed by atoms with Gasteiger partial charge in [0.1, 0.15) is 11.6 Å². The van der Waals surface area contributed by atoms with Crippen LogP contribution in [0, 0.1) is 6.92 Å². The fourth-order valence-electron chi connectivity index (χ4n) is 3.71. The molecule has 0 N–H and O–H groups in total. The Balaban J connectivity index is 2.17. The van der Waals surface area contributed by atoms with E-state index in [0.29, 0.717) is 18.7 Å². The lowest BCUT2D eigenvalue weighted by Crippen LogP contribution is -2.15. The van der Waals surface area contributed by atoms with Crippen LogP contribution in [0.25, 0.3) is 17.0 Å². The van der Waals surface area contributed by atoms with Gasteiger partial charge in [0.2, 0.25) is 0 Å². The minimum absolute atomic E-state index is 0.0462. The highest BCUT2D eigenvalue weighted by atomic mass is 19.3. The van der Waals surface area contributed by atoms with Gasteiger partial charge in [-0.3, -0.25) is 0 Å². The van der Waals surface area contributed by atoms with Crippen molar-refractivity contribution in [3.8, 4) is 17.1 Å². The Kier molecular flexibility index (Phi) is 6.87. The second-order valence-electron chi connectivity index (χ2n) is 7.58. The van der Waals surface area contributed by atoms with Crippen molar-refractivity contribution in [3.63, 3.8) is 0 Å². The average molecular weight is 414 g/mol. The predicted molar refractivity (Wildman–Crippen MR) is 116 cm³/mol. The number of imidazole rings is 1. The average Bonchev–Trinajstić information content (AvgIpc) is 2.89. The third kappa shape index (κ3) is 4.87. The number of benzene rings is 1. The standard InChI is InChI=1S/C24H28F2N2O2/c1-6-7-18(12-15(2)3)22-20-10-11-29-17(5)14-28(20)23(27-22)19-8-9-21(16(4)13-19)30-24(25)26/h6-9,12-13,17,24H,2,10-11,14H2,1,3-5H3/b7-6+,18-12+/t17-/m1/s1. The Morgan fingerprint density at radius 3 is 2.80 bits per heavy atom. The summed E-state index contributed by atoms with van der Waals surface area (Å²) >= 11 is 0. The number of ether oxygens (including phenoxy) is 2. The number of aromatic nitrogens is 2. The number of alkyl halides is 2. The largest absolute Gasteiger partial charge is 0.435 e. The number of allylic oxidation sites excluding steroid dienone is 5. The minimum atomic E-state index is -2.85. The molecule has 0 radical (unpaired) electrons. The Hall–Kier alpha value is -2.73. The van der Waals surface area contributed by atoms with Crippen molar-refractivity contribution < 1.29 is 18.3 Å². The third-order valence-electron chi connectivity index (χ3n) is 4.92. The first-order valence-corrected chi connectivity index (χ1v) is 10.1. The summed E-state index contributed by atoms with van der Waals surface area (Å²) in [6, 6.07) is 5.19.